The topological polar surface area (TPSA) is 29.1 Å². The molecule has 26 heavy (non-hydrogen) atoms. The summed E-state index contributed by atoms with van der Waals surface area (Å²) in [5, 5.41) is 2.94. The maximum atomic E-state index is 12.0. The molecular weight excluding hydrogens is 318 g/mol. The standard InChI is InChI=1S/C24H29NO/c26-24(15-9-2-6-12-20-10-4-1-5-11-20)25-23-18-16-22(17-19-23)21-13-7-3-8-14-21/h3,7-9,13-20H,1-2,4-6,10-12H2,(H,25,26)/b15-9+. The van der Waals surface area contributed by atoms with Crippen molar-refractivity contribution in [1.82, 2.24) is 0 Å². The van der Waals surface area contributed by atoms with E-state index in [0.29, 0.717) is 0 Å². The molecule has 1 N–H and O–H groups in total. The number of rotatable bonds is 7. The van der Waals surface area contributed by atoms with E-state index in [9.17, 15) is 4.79 Å². The van der Waals surface area contributed by atoms with Gasteiger partial charge >= 0.3 is 0 Å². The van der Waals surface area contributed by atoms with Crippen molar-refractivity contribution in [3.05, 3.63) is 66.7 Å². The molecule has 0 unspecified atom stereocenters. The van der Waals surface area contributed by atoms with Crippen LogP contribution in [0.2, 0.25) is 0 Å². The predicted molar refractivity (Wildman–Crippen MR) is 110 cm³/mol. The fraction of sp³-hybridized carbons (Fsp3) is 0.375. The van der Waals surface area contributed by atoms with Crippen LogP contribution in [0.5, 0.6) is 0 Å². The number of amides is 1. The molecule has 0 saturated heterocycles. The number of hydrogen-bond acceptors (Lipinski definition) is 1. The van der Waals surface area contributed by atoms with Crippen molar-refractivity contribution in [2.75, 3.05) is 5.32 Å². The molecule has 0 bridgehead atoms. The van der Waals surface area contributed by atoms with Crippen molar-refractivity contribution < 1.29 is 4.79 Å². The summed E-state index contributed by atoms with van der Waals surface area (Å²) < 4.78 is 0. The van der Waals surface area contributed by atoms with E-state index in [0.717, 1.165) is 23.6 Å². The molecule has 2 nitrogen and oxygen atoms in total. The molecule has 0 radical (unpaired) electrons. The Bertz CT molecular complexity index is 697. The summed E-state index contributed by atoms with van der Waals surface area (Å²) in [5.41, 5.74) is 3.17. The van der Waals surface area contributed by atoms with E-state index in [1.54, 1.807) is 6.08 Å². The lowest BCUT2D eigenvalue weighted by Gasteiger charge is -2.20. The van der Waals surface area contributed by atoms with Gasteiger partial charge in [0.15, 0.2) is 0 Å². The summed E-state index contributed by atoms with van der Waals surface area (Å²) in [6.45, 7) is 0. The fourth-order valence-corrected chi connectivity index (χ4v) is 3.75. The molecule has 0 atom stereocenters. The first-order valence-corrected chi connectivity index (χ1v) is 9.94. The molecule has 2 aromatic carbocycles. The third-order valence-electron chi connectivity index (χ3n) is 5.24. The first kappa shape index (κ1) is 18.4. The van der Waals surface area contributed by atoms with E-state index in [-0.39, 0.29) is 5.91 Å². The third-order valence-corrected chi connectivity index (χ3v) is 5.24. The Balaban J connectivity index is 1.40. The van der Waals surface area contributed by atoms with Gasteiger partial charge in [-0.3, -0.25) is 4.79 Å². The number of nitrogens with one attached hydrogen (secondary N) is 1. The van der Waals surface area contributed by atoms with Gasteiger partial charge in [-0.15, -0.1) is 0 Å². The maximum Gasteiger partial charge on any atom is 0.248 e. The van der Waals surface area contributed by atoms with E-state index in [1.165, 1.54) is 50.5 Å². The van der Waals surface area contributed by atoms with Gasteiger partial charge in [0.25, 0.3) is 0 Å². The average molecular weight is 348 g/mol. The molecule has 0 heterocycles. The summed E-state index contributed by atoms with van der Waals surface area (Å²) >= 11 is 0. The van der Waals surface area contributed by atoms with Gasteiger partial charge < -0.3 is 5.32 Å². The van der Waals surface area contributed by atoms with Crippen LogP contribution in [-0.2, 0) is 4.79 Å². The van der Waals surface area contributed by atoms with Crippen molar-refractivity contribution >= 4 is 11.6 Å². The SMILES string of the molecule is O=C(/C=C/CCCC1CCCCC1)Nc1ccc(-c2ccccc2)cc1. The number of carbonyl (C=O) groups is 1. The fourth-order valence-electron chi connectivity index (χ4n) is 3.75. The first-order valence-electron chi connectivity index (χ1n) is 9.94. The maximum absolute atomic E-state index is 12.0. The third kappa shape index (κ3) is 5.87. The number of anilines is 1. The van der Waals surface area contributed by atoms with Gasteiger partial charge in [-0.05, 0) is 48.1 Å². The van der Waals surface area contributed by atoms with Crippen LogP contribution in [-0.4, -0.2) is 5.91 Å². The monoisotopic (exact) mass is 347 g/mol. The summed E-state index contributed by atoms with van der Waals surface area (Å²) in [4.78, 5) is 12.0. The number of carbonyl (C=O) groups excluding carboxylic acids is 1. The minimum Gasteiger partial charge on any atom is -0.323 e. The molecule has 0 aliphatic heterocycles. The zero-order valence-electron chi connectivity index (χ0n) is 15.5. The van der Waals surface area contributed by atoms with Crippen LogP contribution in [0.25, 0.3) is 11.1 Å². The Kier molecular flexibility index (Phi) is 7.06. The molecule has 1 aliphatic rings. The van der Waals surface area contributed by atoms with Crippen molar-refractivity contribution in [1.29, 1.82) is 0 Å². The minimum atomic E-state index is -0.0462. The molecule has 1 saturated carbocycles. The molecule has 1 aliphatic carbocycles. The van der Waals surface area contributed by atoms with Gasteiger partial charge in [0.1, 0.15) is 0 Å². The zero-order valence-corrected chi connectivity index (χ0v) is 15.5. The lowest BCUT2D eigenvalue weighted by molar-refractivity contribution is -0.111. The van der Waals surface area contributed by atoms with E-state index in [1.807, 2.05) is 48.5 Å². The van der Waals surface area contributed by atoms with E-state index < -0.39 is 0 Å². The van der Waals surface area contributed by atoms with Crippen LogP contribution in [0.15, 0.2) is 66.7 Å². The Morgan fingerprint density at radius 2 is 1.62 bits per heavy atom. The average Bonchev–Trinajstić information content (AvgIpc) is 2.70. The summed E-state index contributed by atoms with van der Waals surface area (Å²) in [6, 6.07) is 18.2. The molecule has 0 aromatic heterocycles. The highest BCUT2D eigenvalue weighted by atomic mass is 16.1. The molecule has 136 valence electrons. The number of unbranched alkanes of at least 4 members (excludes halogenated alkanes) is 1. The smallest absolute Gasteiger partial charge is 0.248 e. The molecule has 1 amide bonds. The largest absolute Gasteiger partial charge is 0.323 e. The van der Waals surface area contributed by atoms with E-state index in [4.69, 9.17) is 0 Å². The molecule has 3 rings (SSSR count). The first-order chi connectivity index (χ1) is 12.8. The van der Waals surface area contributed by atoms with Crippen LogP contribution in [0.4, 0.5) is 5.69 Å². The highest BCUT2D eigenvalue weighted by Gasteiger charge is 2.12. The van der Waals surface area contributed by atoms with Gasteiger partial charge in [-0.1, -0.05) is 87.1 Å². The van der Waals surface area contributed by atoms with Crippen molar-refractivity contribution in [2.45, 2.75) is 51.4 Å². The summed E-state index contributed by atoms with van der Waals surface area (Å²) in [5.74, 6) is 0.879. The normalized spacial score (nSPS) is 15.2. The van der Waals surface area contributed by atoms with Crippen LogP contribution in [0.1, 0.15) is 51.4 Å². The Morgan fingerprint density at radius 3 is 2.35 bits per heavy atom. The molecular formula is C24H29NO. The lowest BCUT2D eigenvalue weighted by Crippen LogP contribution is -2.07. The van der Waals surface area contributed by atoms with Crippen molar-refractivity contribution in [3.63, 3.8) is 0 Å². The second-order valence-corrected chi connectivity index (χ2v) is 7.27. The second kappa shape index (κ2) is 9.96. The Morgan fingerprint density at radius 1 is 0.923 bits per heavy atom. The molecule has 1 fully saturated rings. The number of hydrogen-bond donors (Lipinski definition) is 1. The van der Waals surface area contributed by atoms with E-state index >= 15 is 0 Å². The zero-order chi connectivity index (χ0) is 18.0. The summed E-state index contributed by atoms with van der Waals surface area (Å²) in [6.07, 6.45) is 14.2. The highest BCUT2D eigenvalue weighted by Crippen LogP contribution is 2.27. The molecule has 0 spiro atoms. The van der Waals surface area contributed by atoms with Crippen LogP contribution < -0.4 is 5.32 Å². The van der Waals surface area contributed by atoms with Gasteiger partial charge in [-0.25, -0.2) is 0 Å². The highest BCUT2D eigenvalue weighted by molar-refractivity contribution is 5.99. The van der Waals surface area contributed by atoms with Crippen LogP contribution >= 0.6 is 0 Å². The predicted octanol–water partition coefficient (Wildman–Crippen LogP) is 6.60. The lowest BCUT2D eigenvalue weighted by atomic mass is 9.86. The second-order valence-electron chi connectivity index (χ2n) is 7.27. The van der Waals surface area contributed by atoms with Gasteiger partial charge in [0.2, 0.25) is 5.91 Å². The van der Waals surface area contributed by atoms with Gasteiger partial charge in [0, 0.05) is 5.69 Å². The van der Waals surface area contributed by atoms with Gasteiger partial charge in [0.05, 0.1) is 0 Å². The minimum absolute atomic E-state index is 0.0462. The number of benzene rings is 2. The van der Waals surface area contributed by atoms with E-state index in [2.05, 4.69) is 17.4 Å². The Labute approximate surface area is 157 Å². The quantitative estimate of drug-likeness (QED) is 0.444. The molecule has 2 heteroatoms. The van der Waals surface area contributed by atoms with Gasteiger partial charge in [-0.2, -0.15) is 0 Å². The number of allylic oxidation sites excluding steroid dienone is 1. The van der Waals surface area contributed by atoms with Crippen molar-refractivity contribution in [3.8, 4) is 11.1 Å². The van der Waals surface area contributed by atoms with Crippen LogP contribution in [0, 0.1) is 5.92 Å². The van der Waals surface area contributed by atoms with Crippen molar-refractivity contribution in [2.24, 2.45) is 5.92 Å². The van der Waals surface area contributed by atoms with Crippen LogP contribution in [0.3, 0.4) is 0 Å². The molecule has 2 aromatic rings. The Hall–Kier alpha value is -2.35. The summed E-state index contributed by atoms with van der Waals surface area (Å²) in [7, 11) is 0.